The van der Waals surface area contributed by atoms with Gasteiger partial charge in [0.2, 0.25) is 5.91 Å². The van der Waals surface area contributed by atoms with E-state index in [4.69, 9.17) is 11.6 Å². The molecule has 1 aromatic heterocycles. The number of carbonyl (C=O) groups excluding carboxylic acids is 1. The molecule has 2 aromatic rings. The van der Waals surface area contributed by atoms with Crippen molar-refractivity contribution in [3.63, 3.8) is 0 Å². The number of anilines is 1. The zero-order valence-corrected chi connectivity index (χ0v) is 16.0. The molecule has 5 nitrogen and oxygen atoms in total. The van der Waals surface area contributed by atoms with Crippen LogP contribution in [0.3, 0.4) is 0 Å². The van der Waals surface area contributed by atoms with E-state index in [9.17, 15) is 4.79 Å². The highest BCUT2D eigenvalue weighted by molar-refractivity contribution is 6.29. The molecule has 1 atom stereocenters. The predicted molar refractivity (Wildman–Crippen MR) is 104 cm³/mol. The Kier molecular flexibility index (Phi) is 6.09. The van der Waals surface area contributed by atoms with Gasteiger partial charge in [0.15, 0.2) is 11.0 Å². The predicted octanol–water partition coefficient (Wildman–Crippen LogP) is 3.92. The van der Waals surface area contributed by atoms with Gasteiger partial charge in [0.05, 0.1) is 6.04 Å². The maximum absolute atomic E-state index is 12.7. The second-order valence-electron chi connectivity index (χ2n) is 6.86. The third kappa shape index (κ3) is 4.52. The van der Waals surface area contributed by atoms with Gasteiger partial charge in [-0.05, 0) is 43.9 Å². The Morgan fingerprint density at radius 2 is 1.88 bits per heavy atom. The van der Waals surface area contributed by atoms with Crippen LogP contribution in [0.5, 0.6) is 0 Å². The van der Waals surface area contributed by atoms with Crippen molar-refractivity contribution < 1.29 is 4.79 Å². The first-order valence-corrected chi connectivity index (χ1v) is 9.55. The third-order valence-corrected chi connectivity index (χ3v) is 5.21. The number of nitrogens with zero attached hydrogens (tertiary/aromatic N) is 3. The Hall–Kier alpha value is -2.14. The number of aromatic nitrogens is 2. The summed E-state index contributed by atoms with van der Waals surface area (Å²) in [6.07, 6.45) is 2.52. The normalized spacial score (nSPS) is 16.3. The summed E-state index contributed by atoms with van der Waals surface area (Å²) in [7, 11) is 0. The molecule has 1 N–H and O–H groups in total. The fourth-order valence-electron chi connectivity index (χ4n) is 3.36. The largest absolute Gasteiger partial charge is 0.355 e. The summed E-state index contributed by atoms with van der Waals surface area (Å²) in [4.78, 5) is 14.9. The summed E-state index contributed by atoms with van der Waals surface area (Å²) in [6, 6.07) is 12.1. The number of halogens is 1. The lowest BCUT2D eigenvalue weighted by Crippen LogP contribution is -2.41. The number of piperidine rings is 1. The molecular formula is C20H25ClN4O. The van der Waals surface area contributed by atoms with Crippen LogP contribution in [0, 0.1) is 12.8 Å². The van der Waals surface area contributed by atoms with Gasteiger partial charge in [0, 0.05) is 19.0 Å². The molecule has 1 amide bonds. The Bertz CT molecular complexity index is 724. The van der Waals surface area contributed by atoms with Crippen molar-refractivity contribution in [1.29, 1.82) is 0 Å². The summed E-state index contributed by atoms with van der Waals surface area (Å²) in [5.41, 5.74) is 2.40. The molecule has 138 valence electrons. The maximum Gasteiger partial charge on any atom is 0.223 e. The Morgan fingerprint density at radius 3 is 2.46 bits per heavy atom. The third-order valence-electron chi connectivity index (χ3n) is 5.01. The standard InChI is InChI=1S/C20H25ClN4O/c1-3-17(15-6-4-14(2)5-7-15)22-20(26)16-10-12-25(13-11-16)19-9-8-18(21)23-24-19/h4-9,16-17H,3,10-13H2,1-2H3,(H,22,26)/t17-/m1/s1. The van der Waals surface area contributed by atoms with E-state index in [0.717, 1.165) is 38.2 Å². The van der Waals surface area contributed by atoms with Crippen LogP contribution in [0.2, 0.25) is 5.15 Å². The molecule has 1 fully saturated rings. The van der Waals surface area contributed by atoms with Crippen molar-refractivity contribution >= 4 is 23.3 Å². The molecule has 6 heteroatoms. The van der Waals surface area contributed by atoms with Crippen LogP contribution in [-0.2, 0) is 4.79 Å². The molecule has 2 heterocycles. The lowest BCUT2D eigenvalue weighted by atomic mass is 9.94. The minimum absolute atomic E-state index is 0.0472. The van der Waals surface area contributed by atoms with Crippen LogP contribution in [0.1, 0.15) is 43.4 Å². The number of rotatable bonds is 5. The van der Waals surface area contributed by atoms with Crippen molar-refractivity contribution in [3.8, 4) is 0 Å². The summed E-state index contributed by atoms with van der Waals surface area (Å²) < 4.78 is 0. The smallest absolute Gasteiger partial charge is 0.223 e. The van der Waals surface area contributed by atoms with Gasteiger partial charge < -0.3 is 10.2 Å². The molecule has 0 bridgehead atoms. The highest BCUT2D eigenvalue weighted by Gasteiger charge is 2.27. The summed E-state index contributed by atoms with van der Waals surface area (Å²) >= 11 is 5.79. The highest BCUT2D eigenvalue weighted by Crippen LogP contribution is 2.24. The van der Waals surface area contributed by atoms with Crippen molar-refractivity contribution in [2.45, 2.75) is 39.2 Å². The van der Waals surface area contributed by atoms with E-state index in [1.165, 1.54) is 11.1 Å². The SMILES string of the molecule is CC[C@@H](NC(=O)C1CCN(c2ccc(Cl)nn2)CC1)c1ccc(C)cc1. The molecular weight excluding hydrogens is 348 g/mol. The van der Waals surface area contributed by atoms with Gasteiger partial charge in [-0.2, -0.15) is 0 Å². The van der Waals surface area contributed by atoms with E-state index in [0.29, 0.717) is 5.15 Å². The van der Waals surface area contributed by atoms with Crippen LogP contribution in [0.15, 0.2) is 36.4 Å². The monoisotopic (exact) mass is 372 g/mol. The zero-order chi connectivity index (χ0) is 18.5. The first-order valence-electron chi connectivity index (χ1n) is 9.18. The van der Waals surface area contributed by atoms with E-state index in [1.807, 2.05) is 6.07 Å². The molecule has 0 radical (unpaired) electrons. The molecule has 1 saturated heterocycles. The van der Waals surface area contributed by atoms with Gasteiger partial charge in [-0.25, -0.2) is 0 Å². The van der Waals surface area contributed by atoms with E-state index in [2.05, 4.69) is 58.5 Å². The second kappa shape index (κ2) is 8.49. The number of benzene rings is 1. The average Bonchev–Trinajstić information content (AvgIpc) is 2.67. The number of aryl methyl sites for hydroxylation is 1. The van der Waals surface area contributed by atoms with Crippen molar-refractivity contribution in [3.05, 3.63) is 52.7 Å². The van der Waals surface area contributed by atoms with Crippen LogP contribution in [0.25, 0.3) is 0 Å². The molecule has 3 rings (SSSR count). The minimum Gasteiger partial charge on any atom is -0.355 e. The Morgan fingerprint density at radius 1 is 1.19 bits per heavy atom. The molecule has 1 aliphatic rings. The zero-order valence-electron chi connectivity index (χ0n) is 15.3. The molecule has 0 spiro atoms. The Labute approximate surface area is 159 Å². The van der Waals surface area contributed by atoms with Crippen LogP contribution >= 0.6 is 11.6 Å². The minimum atomic E-state index is 0.0472. The summed E-state index contributed by atoms with van der Waals surface area (Å²) in [5.74, 6) is 1.02. The fraction of sp³-hybridized carbons (Fsp3) is 0.450. The van der Waals surface area contributed by atoms with Gasteiger partial charge in [-0.3, -0.25) is 4.79 Å². The average molecular weight is 373 g/mol. The van der Waals surface area contributed by atoms with Crippen molar-refractivity contribution in [1.82, 2.24) is 15.5 Å². The van der Waals surface area contributed by atoms with Gasteiger partial charge in [-0.15, -0.1) is 10.2 Å². The molecule has 1 aliphatic heterocycles. The number of hydrogen-bond donors (Lipinski definition) is 1. The molecule has 0 unspecified atom stereocenters. The van der Waals surface area contributed by atoms with Crippen LogP contribution < -0.4 is 10.2 Å². The molecule has 1 aromatic carbocycles. The molecule has 0 aliphatic carbocycles. The number of hydrogen-bond acceptors (Lipinski definition) is 4. The first-order chi connectivity index (χ1) is 12.6. The lowest BCUT2D eigenvalue weighted by molar-refractivity contribution is -0.126. The lowest BCUT2D eigenvalue weighted by Gasteiger charge is -2.32. The van der Waals surface area contributed by atoms with E-state index in [1.54, 1.807) is 6.07 Å². The van der Waals surface area contributed by atoms with Crippen molar-refractivity contribution in [2.75, 3.05) is 18.0 Å². The van der Waals surface area contributed by atoms with Crippen LogP contribution in [0.4, 0.5) is 5.82 Å². The van der Waals surface area contributed by atoms with Crippen molar-refractivity contribution in [2.24, 2.45) is 5.92 Å². The fourth-order valence-corrected chi connectivity index (χ4v) is 3.46. The topological polar surface area (TPSA) is 58.1 Å². The Balaban J connectivity index is 1.55. The van der Waals surface area contributed by atoms with Gasteiger partial charge in [0.25, 0.3) is 0 Å². The van der Waals surface area contributed by atoms with Gasteiger partial charge in [-0.1, -0.05) is 48.4 Å². The maximum atomic E-state index is 12.7. The van der Waals surface area contributed by atoms with E-state index in [-0.39, 0.29) is 17.9 Å². The summed E-state index contributed by atoms with van der Waals surface area (Å²) in [6.45, 7) is 5.78. The van der Waals surface area contributed by atoms with E-state index >= 15 is 0 Å². The highest BCUT2D eigenvalue weighted by atomic mass is 35.5. The number of carbonyl (C=O) groups is 1. The van der Waals surface area contributed by atoms with Gasteiger partial charge in [0.1, 0.15) is 0 Å². The molecule has 26 heavy (non-hydrogen) atoms. The second-order valence-corrected chi connectivity index (χ2v) is 7.24. The quantitative estimate of drug-likeness (QED) is 0.864. The number of amides is 1. The van der Waals surface area contributed by atoms with Crippen LogP contribution in [-0.4, -0.2) is 29.2 Å². The first kappa shape index (κ1) is 18.6. The van der Waals surface area contributed by atoms with E-state index < -0.39 is 0 Å². The number of nitrogens with one attached hydrogen (secondary N) is 1. The molecule has 0 saturated carbocycles. The summed E-state index contributed by atoms with van der Waals surface area (Å²) in [5, 5.41) is 11.6. The van der Waals surface area contributed by atoms with Gasteiger partial charge >= 0.3 is 0 Å².